The van der Waals surface area contributed by atoms with E-state index in [0.29, 0.717) is 10.8 Å². The van der Waals surface area contributed by atoms with Gasteiger partial charge in [0, 0.05) is 25.0 Å². The molecule has 0 fully saturated rings. The summed E-state index contributed by atoms with van der Waals surface area (Å²) in [4.78, 5) is 2.25. The highest BCUT2D eigenvalue weighted by molar-refractivity contribution is 5.56. The molecule has 2 unspecified atom stereocenters. The van der Waals surface area contributed by atoms with Crippen LogP contribution in [0.5, 0.6) is 0 Å². The van der Waals surface area contributed by atoms with Crippen LogP contribution in [0.2, 0.25) is 0 Å². The average molecular weight is 436 g/mol. The van der Waals surface area contributed by atoms with Crippen molar-refractivity contribution in [1.29, 1.82) is 0 Å². The number of fused-ring (bicyclic) bond motifs is 2. The van der Waals surface area contributed by atoms with E-state index in [4.69, 9.17) is 0 Å². The molecule has 5 nitrogen and oxygen atoms in total. The molecule has 0 radical (unpaired) electrons. The zero-order chi connectivity index (χ0) is 23.3. The number of anilines is 1. The number of rotatable bonds is 6. The Morgan fingerprint density at radius 2 is 2.06 bits per heavy atom. The number of para-hydroxylation sites is 1. The molecule has 0 amide bonds. The maximum atomic E-state index is 14.8. The lowest BCUT2D eigenvalue weighted by Crippen LogP contribution is -2.44. The van der Waals surface area contributed by atoms with Gasteiger partial charge in [0.1, 0.15) is 6.04 Å². The number of aryl methyl sites for hydroxylation is 1. The first-order chi connectivity index (χ1) is 15.5. The predicted molar refractivity (Wildman–Crippen MR) is 132 cm³/mol. The Hall–Kier alpha value is -3.25. The van der Waals surface area contributed by atoms with Crippen LogP contribution in [0.3, 0.4) is 0 Å². The summed E-state index contributed by atoms with van der Waals surface area (Å²) in [5, 5.41) is 10.9. The summed E-state index contributed by atoms with van der Waals surface area (Å²) >= 11 is 0. The molecule has 2 atom stereocenters. The molecule has 3 aliphatic heterocycles. The van der Waals surface area contributed by atoms with Gasteiger partial charge in [0.25, 0.3) is 0 Å². The number of allylic oxidation sites excluding steroid dienone is 4. The van der Waals surface area contributed by atoms with Crippen LogP contribution in [-0.2, 0) is 0 Å². The molecule has 0 bridgehead atoms. The van der Waals surface area contributed by atoms with Crippen molar-refractivity contribution in [2.75, 3.05) is 25.8 Å². The maximum Gasteiger partial charge on any atom is 0.111 e. The molecule has 32 heavy (non-hydrogen) atoms. The second-order valence-corrected chi connectivity index (χ2v) is 7.65. The molecule has 3 N–H and O–H groups in total. The molecule has 3 aliphatic rings. The molecule has 170 valence electrons. The first kappa shape index (κ1) is 23.4. The number of likely N-dealkylation sites (N-methyl/N-ethyl adjacent to an activating group) is 2. The topological polar surface area (TPSA) is 42.6 Å². The van der Waals surface area contributed by atoms with E-state index in [9.17, 15) is 4.48 Å². The Labute approximate surface area is 191 Å². The predicted octanol–water partition coefficient (Wildman–Crippen LogP) is 4.43. The van der Waals surface area contributed by atoms with E-state index in [1.54, 1.807) is 12.1 Å². The lowest BCUT2D eigenvalue weighted by atomic mass is 10.0. The Balaban J connectivity index is 0.00000141. The summed E-state index contributed by atoms with van der Waals surface area (Å²) in [5.74, 6) is 0. The molecule has 0 saturated carbocycles. The van der Waals surface area contributed by atoms with Gasteiger partial charge in [-0.15, -0.1) is 0 Å². The summed E-state index contributed by atoms with van der Waals surface area (Å²) in [5.41, 5.74) is 6.21. The van der Waals surface area contributed by atoms with Crippen molar-refractivity contribution in [2.24, 2.45) is 0 Å². The van der Waals surface area contributed by atoms with Gasteiger partial charge >= 0.3 is 0 Å². The lowest BCUT2D eigenvalue weighted by molar-refractivity contribution is 0.337. The van der Waals surface area contributed by atoms with Gasteiger partial charge in [-0.2, -0.15) is 5.12 Å². The minimum absolute atomic E-state index is 0.0846. The zero-order valence-electron chi connectivity index (χ0n) is 19.6. The van der Waals surface area contributed by atoms with E-state index in [1.165, 1.54) is 5.70 Å². The van der Waals surface area contributed by atoms with Crippen LogP contribution < -0.4 is 21.1 Å². The van der Waals surface area contributed by atoms with Crippen molar-refractivity contribution in [3.05, 3.63) is 101 Å². The number of hydrogen-bond acceptors (Lipinski definition) is 5. The third-order valence-corrected chi connectivity index (χ3v) is 5.75. The molecule has 4 rings (SSSR count). The maximum absolute atomic E-state index is 14.8. The highest BCUT2D eigenvalue weighted by Crippen LogP contribution is 2.33. The summed E-state index contributed by atoms with van der Waals surface area (Å²) < 4.78 is 14.8. The van der Waals surface area contributed by atoms with Gasteiger partial charge in [-0.05, 0) is 49.9 Å². The van der Waals surface area contributed by atoms with Crippen LogP contribution in [0.25, 0.3) is 0 Å². The third-order valence-electron chi connectivity index (χ3n) is 5.75. The van der Waals surface area contributed by atoms with E-state index < -0.39 is 0 Å². The highest BCUT2D eigenvalue weighted by Gasteiger charge is 2.36. The second-order valence-electron chi connectivity index (χ2n) is 7.65. The van der Waals surface area contributed by atoms with Crippen molar-refractivity contribution in [3.63, 3.8) is 0 Å². The van der Waals surface area contributed by atoms with Gasteiger partial charge in [0.2, 0.25) is 0 Å². The van der Waals surface area contributed by atoms with E-state index in [1.807, 2.05) is 52.1 Å². The van der Waals surface area contributed by atoms with Crippen LogP contribution in [-0.4, -0.2) is 37.6 Å². The summed E-state index contributed by atoms with van der Waals surface area (Å²) in [6.45, 7) is 10.6. The number of hydrogen-bond donors (Lipinski definition) is 3. The van der Waals surface area contributed by atoms with Crippen molar-refractivity contribution < 1.29 is 4.48 Å². The van der Waals surface area contributed by atoms with Gasteiger partial charge in [0.05, 0.1) is 28.8 Å². The SMILES string of the molecule is C=C(/C=C\C(NC)C1=CC=C2NC3=C(NCC=C3)C2N1C)N(F)c1ccccc1C.CC. The fourth-order valence-corrected chi connectivity index (χ4v) is 4.12. The Morgan fingerprint density at radius 3 is 2.78 bits per heavy atom. The Kier molecular flexibility index (Phi) is 7.59. The monoisotopic (exact) mass is 435 g/mol. The molecule has 0 aromatic heterocycles. The van der Waals surface area contributed by atoms with Gasteiger partial charge in [-0.25, -0.2) is 0 Å². The van der Waals surface area contributed by atoms with Crippen LogP contribution >= 0.6 is 0 Å². The third kappa shape index (κ3) is 4.50. The van der Waals surface area contributed by atoms with Gasteiger partial charge in [-0.1, -0.05) is 55.3 Å². The van der Waals surface area contributed by atoms with Crippen molar-refractivity contribution in [2.45, 2.75) is 32.9 Å². The minimum atomic E-state index is -0.0846. The number of halogens is 1. The van der Waals surface area contributed by atoms with E-state index in [0.717, 1.165) is 29.2 Å². The summed E-state index contributed by atoms with van der Waals surface area (Å²) in [6, 6.07) is 7.39. The molecule has 0 spiro atoms. The molecular weight excluding hydrogens is 401 g/mol. The summed E-state index contributed by atoms with van der Waals surface area (Å²) in [7, 11) is 3.99. The van der Waals surface area contributed by atoms with E-state index in [-0.39, 0.29) is 17.8 Å². The van der Waals surface area contributed by atoms with Crippen LogP contribution in [0.15, 0.2) is 95.8 Å². The fourth-order valence-electron chi connectivity index (χ4n) is 4.12. The molecule has 1 aromatic rings. The second kappa shape index (κ2) is 10.4. The average Bonchev–Trinajstić information content (AvgIpc) is 3.21. The van der Waals surface area contributed by atoms with Crippen molar-refractivity contribution >= 4 is 5.69 Å². The first-order valence-electron chi connectivity index (χ1n) is 11.1. The van der Waals surface area contributed by atoms with Gasteiger partial charge < -0.3 is 20.9 Å². The smallest absolute Gasteiger partial charge is 0.111 e. The number of nitrogens with zero attached hydrogens (tertiary/aromatic N) is 2. The molecular formula is C26H34FN5. The number of dihydropyridines is 1. The molecule has 0 aliphatic carbocycles. The Bertz CT molecular complexity index is 1000. The molecule has 3 heterocycles. The van der Waals surface area contributed by atoms with Crippen LogP contribution in [0.1, 0.15) is 19.4 Å². The molecule has 6 heteroatoms. The van der Waals surface area contributed by atoms with Crippen LogP contribution in [0, 0.1) is 6.92 Å². The summed E-state index contributed by atoms with van der Waals surface area (Å²) in [6.07, 6.45) is 12.1. The molecule has 1 aromatic carbocycles. The number of nitrogens with one attached hydrogen (secondary N) is 3. The quantitative estimate of drug-likeness (QED) is 0.456. The molecule has 0 saturated heterocycles. The highest BCUT2D eigenvalue weighted by atomic mass is 19.2. The largest absolute Gasteiger partial charge is 0.381 e. The lowest BCUT2D eigenvalue weighted by Gasteiger charge is -2.37. The zero-order valence-corrected chi connectivity index (χ0v) is 19.6. The van der Waals surface area contributed by atoms with E-state index in [2.05, 4.69) is 58.8 Å². The first-order valence-corrected chi connectivity index (χ1v) is 11.1. The van der Waals surface area contributed by atoms with Crippen LogP contribution in [0.4, 0.5) is 10.2 Å². The van der Waals surface area contributed by atoms with Gasteiger partial charge in [0.15, 0.2) is 0 Å². The van der Waals surface area contributed by atoms with Crippen molar-refractivity contribution in [1.82, 2.24) is 20.9 Å². The van der Waals surface area contributed by atoms with Crippen molar-refractivity contribution in [3.8, 4) is 0 Å². The Morgan fingerprint density at radius 1 is 1.31 bits per heavy atom. The standard InChI is InChI=1S/C24H28FN5.C2H6/c1-16-8-5-6-10-21(16)30(25)17(2)11-12-18(26-3)22-14-13-20-24(29(22)4)23-19(28-20)9-7-15-27-23;1-2/h5-14,18,24,26-28H,2,15H2,1,3-4H3;1-2H3/b12-11-;. The fraction of sp³-hybridized carbons (Fsp3) is 0.308. The van der Waals surface area contributed by atoms with E-state index >= 15 is 0 Å². The number of benzene rings is 1. The normalized spacial score (nSPS) is 19.7. The minimum Gasteiger partial charge on any atom is -0.381 e. The van der Waals surface area contributed by atoms with Gasteiger partial charge in [-0.3, -0.25) is 0 Å².